The van der Waals surface area contributed by atoms with E-state index in [1.165, 1.54) is 6.07 Å². The smallest absolute Gasteiger partial charge is 0.366 e. The summed E-state index contributed by atoms with van der Waals surface area (Å²) in [6.45, 7) is 4.29. The number of hydrogen-bond donors (Lipinski definition) is 2. The van der Waals surface area contributed by atoms with E-state index in [0.717, 1.165) is 23.5 Å². The van der Waals surface area contributed by atoms with Crippen molar-refractivity contribution in [1.29, 1.82) is 0 Å². The molecule has 0 bridgehead atoms. The lowest BCUT2D eigenvalue weighted by atomic mass is 10.1. The zero-order valence-electron chi connectivity index (χ0n) is 17.7. The van der Waals surface area contributed by atoms with Gasteiger partial charge in [-0.2, -0.15) is 18.3 Å². The van der Waals surface area contributed by atoms with Crippen LogP contribution in [0.4, 0.5) is 30.4 Å². The number of carbonyl (C=O) groups excluding carboxylic acids is 1. The van der Waals surface area contributed by atoms with Gasteiger partial charge < -0.3 is 15.5 Å². The van der Waals surface area contributed by atoms with Gasteiger partial charge in [-0.15, -0.1) is 0 Å². The van der Waals surface area contributed by atoms with Crippen molar-refractivity contribution < 1.29 is 18.0 Å². The maximum absolute atomic E-state index is 12.8. The van der Waals surface area contributed by atoms with E-state index in [9.17, 15) is 18.0 Å². The van der Waals surface area contributed by atoms with Gasteiger partial charge in [0.05, 0.1) is 29.8 Å². The SMILES string of the molecule is Cc1nc(NCc2cnn(Cc3ccnc(C(F)(F)F)c3)c2)cc2c1NC(=O)[C@H](C)N2C. The van der Waals surface area contributed by atoms with Crippen LogP contribution in [0.15, 0.2) is 36.8 Å². The molecule has 168 valence electrons. The zero-order chi connectivity index (χ0) is 23.0. The van der Waals surface area contributed by atoms with E-state index >= 15 is 0 Å². The van der Waals surface area contributed by atoms with Crippen LogP contribution < -0.4 is 15.5 Å². The number of aromatic nitrogens is 4. The monoisotopic (exact) mass is 445 g/mol. The van der Waals surface area contributed by atoms with Crippen LogP contribution in [0, 0.1) is 6.92 Å². The largest absolute Gasteiger partial charge is 0.433 e. The molecule has 1 amide bonds. The second kappa shape index (κ2) is 8.13. The molecule has 4 rings (SSSR count). The Kier molecular flexibility index (Phi) is 5.49. The summed E-state index contributed by atoms with van der Waals surface area (Å²) in [5.74, 6) is 0.572. The number of likely N-dealkylation sites (N-methyl/N-ethyl adjacent to an activating group) is 1. The quantitative estimate of drug-likeness (QED) is 0.626. The molecule has 0 fully saturated rings. The number of fused-ring (bicyclic) bond motifs is 1. The Bertz CT molecular complexity index is 1160. The second-order valence-corrected chi connectivity index (χ2v) is 7.71. The fourth-order valence-corrected chi connectivity index (χ4v) is 3.48. The number of rotatable bonds is 5. The standard InChI is InChI=1S/C21H22F3N7O/c1-12-19-16(30(3)13(2)20(32)29-19)7-18(28-12)26-8-15-9-27-31(11-15)10-14-4-5-25-17(6-14)21(22,23)24/h4-7,9,11,13H,8,10H2,1-3H3,(H,26,28)(H,29,32)/t13-/m0/s1. The van der Waals surface area contributed by atoms with Crippen molar-refractivity contribution in [3.63, 3.8) is 0 Å². The lowest BCUT2D eigenvalue weighted by Crippen LogP contribution is -2.44. The van der Waals surface area contributed by atoms with Crippen molar-refractivity contribution in [3.05, 3.63) is 59.3 Å². The van der Waals surface area contributed by atoms with Crippen molar-refractivity contribution in [2.75, 3.05) is 22.6 Å². The predicted molar refractivity (Wildman–Crippen MR) is 113 cm³/mol. The Morgan fingerprint density at radius 1 is 1.25 bits per heavy atom. The molecule has 3 aromatic rings. The summed E-state index contributed by atoms with van der Waals surface area (Å²) in [6, 6.07) is 4.14. The van der Waals surface area contributed by atoms with Gasteiger partial charge in [-0.1, -0.05) is 0 Å². The molecule has 1 aliphatic rings. The summed E-state index contributed by atoms with van der Waals surface area (Å²) in [5, 5.41) is 10.4. The molecule has 0 radical (unpaired) electrons. The average molecular weight is 445 g/mol. The third-order valence-corrected chi connectivity index (χ3v) is 5.39. The molecule has 0 spiro atoms. The molecule has 2 N–H and O–H groups in total. The number of hydrogen-bond acceptors (Lipinski definition) is 6. The molecule has 11 heteroatoms. The van der Waals surface area contributed by atoms with Crippen LogP contribution in [-0.2, 0) is 24.1 Å². The Labute approximate surface area is 182 Å². The summed E-state index contributed by atoms with van der Waals surface area (Å²) in [6.07, 6.45) is 0.0807. The van der Waals surface area contributed by atoms with Gasteiger partial charge >= 0.3 is 6.18 Å². The summed E-state index contributed by atoms with van der Waals surface area (Å²) in [7, 11) is 1.86. The number of nitrogens with one attached hydrogen (secondary N) is 2. The molecule has 1 atom stereocenters. The van der Waals surface area contributed by atoms with Crippen LogP contribution in [0.2, 0.25) is 0 Å². The fourth-order valence-electron chi connectivity index (χ4n) is 3.48. The Morgan fingerprint density at radius 3 is 2.78 bits per heavy atom. The lowest BCUT2D eigenvalue weighted by Gasteiger charge is -2.34. The van der Waals surface area contributed by atoms with Crippen molar-refractivity contribution in [3.8, 4) is 0 Å². The first kappa shape index (κ1) is 21.6. The summed E-state index contributed by atoms with van der Waals surface area (Å²) < 4.78 is 40.1. The minimum atomic E-state index is -4.48. The number of alkyl halides is 3. The molecule has 32 heavy (non-hydrogen) atoms. The van der Waals surface area contributed by atoms with Crippen molar-refractivity contribution in [2.24, 2.45) is 0 Å². The molecule has 8 nitrogen and oxygen atoms in total. The third kappa shape index (κ3) is 4.36. The lowest BCUT2D eigenvalue weighted by molar-refractivity contribution is -0.141. The van der Waals surface area contributed by atoms with Crippen molar-refractivity contribution in [1.82, 2.24) is 19.7 Å². The highest BCUT2D eigenvalue weighted by atomic mass is 19.4. The van der Waals surface area contributed by atoms with E-state index in [0.29, 0.717) is 29.3 Å². The summed E-state index contributed by atoms with van der Waals surface area (Å²) in [4.78, 5) is 21.8. The summed E-state index contributed by atoms with van der Waals surface area (Å²) in [5.41, 5.74) is 2.66. The highest BCUT2D eigenvalue weighted by molar-refractivity contribution is 6.04. The van der Waals surface area contributed by atoms with Gasteiger partial charge in [0.2, 0.25) is 5.91 Å². The number of aryl methyl sites for hydroxylation is 1. The first-order chi connectivity index (χ1) is 15.1. The Balaban J connectivity index is 1.44. The number of amides is 1. The van der Waals surface area contributed by atoms with Crippen LogP contribution in [0.1, 0.15) is 29.4 Å². The van der Waals surface area contributed by atoms with E-state index in [4.69, 9.17) is 0 Å². The van der Waals surface area contributed by atoms with Gasteiger partial charge in [0.1, 0.15) is 17.6 Å². The third-order valence-electron chi connectivity index (χ3n) is 5.39. The molecule has 0 unspecified atom stereocenters. The number of pyridine rings is 2. The molecule has 0 saturated heterocycles. The zero-order valence-corrected chi connectivity index (χ0v) is 17.7. The van der Waals surface area contributed by atoms with Crippen molar-refractivity contribution >= 4 is 23.1 Å². The average Bonchev–Trinajstić information content (AvgIpc) is 3.18. The second-order valence-electron chi connectivity index (χ2n) is 7.71. The minimum Gasteiger partial charge on any atom is -0.366 e. The first-order valence-electron chi connectivity index (χ1n) is 9.94. The number of halogens is 3. The first-order valence-corrected chi connectivity index (χ1v) is 9.94. The fraction of sp³-hybridized carbons (Fsp3) is 0.333. The van der Waals surface area contributed by atoms with E-state index in [-0.39, 0.29) is 18.5 Å². The molecule has 0 saturated carbocycles. The predicted octanol–water partition coefficient (Wildman–Crippen LogP) is 3.44. The molecular formula is C21H22F3N7O. The van der Waals surface area contributed by atoms with Gasteiger partial charge in [0.15, 0.2) is 0 Å². The number of anilines is 3. The highest BCUT2D eigenvalue weighted by Gasteiger charge is 2.32. The number of nitrogens with zero attached hydrogens (tertiary/aromatic N) is 5. The molecule has 0 aliphatic carbocycles. The van der Waals surface area contributed by atoms with Gasteiger partial charge in [0.25, 0.3) is 0 Å². The van der Waals surface area contributed by atoms with Gasteiger partial charge in [-0.25, -0.2) is 4.98 Å². The van der Waals surface area contributed by atoms with Crippen LogP contribution >= 0.6 is 0 Å². The van der Waals surface area contributed by atoms with Gasteiger partial charge in [0, 0.05) is 37.6 Å². The van der Waals surface area contributed by atoms with Gasteiger partial charge in [-0.05, 0) is 31.5 Å². The van der Waals surface area contributed by atoms with Crippen LogP contribution in [0.25, 0.3) is 0 Å². The molecule has 4 heterocycles. The van der Waals surface area contributed by atoms with Crippen LogP contribution in [0.5, 0.6) is 0 Å². The molecule has 3 aromatic heterocycles. The maximum Gasteiger partial charge on any atom is 0.433 e. The molecule has 1 aliphatic heterocycles. The maximum atomic E-state index is 12.8. The van der Waals surface area contributed by atoms with Crippen LogP contribution in [-0.4, -0.2) is 38.7 Å². The molecular weight excluding hydrogens is 423 g/mol. The van der Waals surface area contributed by atoms with E-state index in [2.05, 4.69) is 25.7 Å². The van der Waals surface area contributed by atoms with Crippen molar-refractivity contribution in [2.45, 2.75) is 39.2 Å². The highest BCUT2D eigenvalue weighted by Crippen LogP contribution is 2.35. The Morgan fingerprint density at radius 2 is 2.03 bits per heavy atom. The normalized spacial score (nSPS) is 16.0. The summed E-state index contributed by atoms with van der Waals surface area (Å²) >= 11 is 0. The van der Waals surface area contributed by atoms with Crippen LogP contribution in [0.3, 0.4) is 0 Å². The van der Waals surface area contributed by atoms with E-state index in [1.807, 2.05) is 31.9 Å². The molecule has 0 aromatic carbocycles. The Hall–Kier alpha value is -3.63. The van der Waals surface area contributed by atoms with Gasteiger partial charge in [-0.3, -0.25) is 14.5 Å². The van der Waals surface area contributed by atoms with E-state index < -0.39 is 11.9 Å². The van der Waals surface area contributed by atoms with E-state index in [1.54, 1.807) is 17.1 Å². The minimum absolute atomic E-state index is 0.0745. The number of carbonyl (C=O) groups is 1. The topological polar surface area (TPSA) is 88.0 Å².